The first-order valence-electron chi connectivity index (χ1n) is 9.38. The second kappa shape index (κ2) is 6.41. The number of hydrogen-bond acceptors (Lipinski definition) is 3. The molecule has 27 heavy (non-hydrogen) atoms. The fraction of sp³-hybridized carbons (Fsp3) is 0.789. The van der Waals surface area contributed by atoms with E-state index >= 15 is 8.78 Å². The lowest BCUT2D eigenvalue weighted by molar-refractivity contribution is -0.0558. The highest BCUT2D eigenvalue weighted by atomic mass is 19.3. The van der Waals surface area contributed by atoms with Gasteiger partial charge >= 0.3 is 6.09 Å². The molecule has 2 aliphatic rings. The quantitative estimate of drug-likeness (QED) is 0.716. The van der Waals surface area contributed by atoms with Crippen LogP contribution in [0.15, 0.2) is 0 Å². The first-order valence-corrected chi connectivity index (χ1v) is 9.38. The van der Waals surface area contributed by atoms with Gasteiger partial charge in [0.05, 0.1) is 18.9 Å². The van der Waals surface area contributed by atoms with E-state index in [1.54, 1.807) is 27.7 Å². The van der Waals surface area contributed by atoms with Gasteiger partial charge in [-0.1, -0.05) is 6.92 Å². The average Bonchev–Trinajstić information content (AvgIpc) is 2.83. The third-order valence-electron chi connectivity index (χ3n) is 5.36. The number of aromatic nitrogens is 2. The van der Waals surface area contributed by atoms with Crippen LogP contribution in [-0.4, -0.2) is 39.1 Å². The molecule has 1 unspecified atom stereocenters. The average molecular weight is 387 g/mol. The Morgan fingerprint density at radius 2 is 2.04 bits per heavy atom. The maximum atomic E-state index is 15.1. The first kappa shape index (κ1) is 20.0. The van der Waals surface area contributed by atoms with Crippen molar-refractivity contribution in [1.82, 2.24) is 14.7 Å². The van der Waals surface area contributed by atoms with Crippen LogP contribution in [0, 0.1) is 5.41 Å². The molecule has 0 radical (unpaired) electrons. The Morgan fingerprint density at radius 3 is 2.63 bits per heavy atom. The monoisotopic (exact) mass is 387 g/mol. The van der Waals surface area contributed by atoms with E-state index in [1.165, 1.54) is 9.58 Å². The number of aryl methyl sites for hydroxylation is 1. The number of ether oxygens (including phenoxy) is 1. The Hall–Kier alpha value is -1.73. The normalized spacial score (nSPS) is 27.6. The van der Waals surface area contributed by atoms with Crippen molar-refractivity contribution in [3.63, 3.8) is 0 Å². The van der Waals surface area contributed by atoms with Crippen LogP contribution in [0.2, 0.25) is 0 Å². The van der Waals surface area contributed by atoms with Gasteiger partial charge in [-0.15, -0.1) is 0 Å². The van der Waals surface area contributed by atoms with Crippen LogP contribution < -0.4 is 0 Å². The van der Waals surface area contributed by atoms with Crippen LogP contribution in [0.5, 0.6) is 0 Å². The minimum absolute atomic E-state index is 0.0304. The Morgan fingerprint density at radius 1 is 1.37 bits per heavy atom. The molecule has 0 saturated heterocycles. The van der Waals surface area contributed by atoms with E-state index in [1.807, 2.05) is 6.92 Å². The predicted molar refractivity (Wildman–Crippen MR) is 94.4 cm³/mol. The fourth-order valence-corrected chi connectivity index (χ4v) is 3.93. The van der Waals surface area contributed by atoms with Crippen molar-refractivity contribution < 1.29 is 22.7 Å². The van der Waals surface area contributed by atoms with Crippen LogP contribution in [0.1, 0.15) is 64.4 Å². The number of amides is 1. The van der Waals surface area contributed by atoms with Crippen molar-refractivity contribution >= 4 is 6.09 Å². The second-order valence-electron chi connectivity index (χ2n) is 9.23. The summed E-state index contributed by atoms with van der Waals surface area (Å²) in [6, 6.07) is -0.198. The lowest BCUT2D eigenvalue weighted by Gasteiger charge is -2.35. The molecule has 2 aliphatic heterocycles. The van der Waals surface area contributed by atoms with Crippen molar-refractivity contribution in [3.05, 3.63) is 17.0 Å². The summed E-state index contributed by atoms with van der Waals surface area (Å²) < 4.78 is 50.4. The largest absolute Gasteiger partial charge is 0.444 e. The molecule has 3 heterocycles. The number of halogens is 3. The molecule has 1 aromatic heterocycles. The number of carbonyl (C=O) groups excluding carboxylic acids is 1. The van der Waals surface area contributed by atoms with Crippen molar-refractivity contribution in [2.24, 2.45) is 5.41 Å². The lowest BCUT2D eigenvalue weighted by atomic mass is 9.82. The number of carbonyl (C=O) groups is 1. The summed E-state index contributed by atoms with van der Waals surface area (Å²) in [7, 11) is 0. The lowest BCUT2D eigenvalue weighted by Crippen LogP contribution is -2.45. The third-order valence-corrected chi connectivity index (χ3v) is 5.36. The van der Waals surface area contributed by atoms with Crippen LogP contribution in [0.4, 0.5) is 18.0 Å². The minimum Gasteiger partial charge on any atom is -0.444 e. The topological polar surface area (TPSA) is 47.4 Å². The second-order valence-corrected chi connectivity index (χ2v) is 9.23. The zero-order valence-corrected chi connectivity index (χ0v) is 16.6. The Balaban J connectivity index is 1.96. The summed E-state index contributed by atoms with van der Waals surface area (Å²) in [6.07, 6.45) is -0.384. The Kier molecular flexibility index (Phi) is 4.75. The van der Waals surface area contributed by atoms with Gasteiger partial charge in [-0.3, -0.25) is 9.07 Å². The summed E-state index contributed by atoms with van der Waals surface area (Å²) in [4.78, 5) is 14.0. The highest BCUT2D eigenvalue weighted by Gasteiger charge is 2.49. The standard InChI is InChI=1S/C19H28F3N3O2/c1-12-8-14-13(9-24(12)16(26)27-17(2,3)4)15-19(21,22)10-18(5,11-20)6-7-25(15)23-14/h12H,6-11H2,1-5H3/t12-,18?/m1/s1. The number of hydrogen-bond donors (Lipinski definition) is 0. The van der Waals surface area contributed by atoms with Gasteiger partial charge in [-0.2, -0.15) is 13.9 Å². The summed E-state index contributed by atoms with van der Waals surface area (Å²) in [5.74, 6) is -3.20. The molecule has 0 spiro atoms. The first-order chi connectivity index (χ1) is 12.4. The van der Waals surface area contributed by atoms with Crippen LogP contribution in [0.3, 0.4) is 0 Å². The van der Waals surface area contributed by atoms with Gasteiger partial charge in [0.1, 0.15) is 11.3 Å². The molecule has 0 saturated carbocycles. The van der Waals surface area contributed by atoms with Gasteiger partial charge in [0.25, 0.3) is 5.92 Å². The highest BCUT2D eigenvalue weighted by molar-refractivity contribution is 5.69. The molecular formula is C19H28F3N3O2. The van der Waals surface area contributed by atoms with Gasteiger partial charge < -0.3 is 9.64 Å². The van der Waals surface area contributed by atoms with Gasteiger partial charge in [0.15, 0.2) is 0 Å². The molecule has 3 rings (SSSR count). The fourth-order valence-electron chi connectivity index (χ4n) is 3.93. The molecule has 0 bridgehead atoms. The Labute approximate surface area is 157 Å². The van der Waals surface area contributed by atoms with E-state index in [4.69, 9.17) is 4.74 Å². The maximum Gasteiger partial charge on any atom is 0.410 e. The summed E-state index contributed by atoms with van der Waals surface area (Å²) in [6.45, 7) is 8.19. The molecule has 8 heteroatoms. The molecule has 0 aromatic carbocycles. The minimum atomic E-state index is -3.20. The van der Waals surface area contributed by atoms with E-state index in [0.717, 1.165) is 0 Å². The summed E-state index contributed by atoms with van der Waals surface area (Å²) in [5.41, 5.74) is -0.938. The molecule has 0 aliphatic carbocycles. The number of rotatable bonds is 1. The van der Waals surface area contributed by atoms with Gasteiger partial charge in [0, 0.05) is 36.4 Å². The van der Waals surface area contributed by atoms with Crippen LogP contribution in [-0.2, 0) is 30.2 Å². The van der Waals surface area contributed by atoms with Crippen molar-refractivity contribution in [2.75, 3.05) is 6.67 Å². The van der Waals surface area contributed by atoms with Crippen molar-refractivity contribution in [2.45, 2.75) is 84.5 Å². The summed E-state index contributed by atoms with van der Waals surface area (Å²) in [5, 5.41) is 4.40. The van der Waals surface area contributed by atoms with E-state index < -0.39 is 36.1 Å². The molecule has 1 aromatic rings. The maximum absolute atomic E-state index is 15.1. The van der Waals surface area contributed by atoms with Gasteiger partial charge in [0.2, 0.25) is 0 Å². The van der Waals surface area contributed by atoms with Crippen molar-refractivity contribution in [1.29, 1.82) is 0 Å². The SMILES string of the molecule is C[C@@H]1Cc2nn3c(c2CN1C(=O)OC(C)(C)C)C(F)(F)CC(C)(CF)CC3. The number of alkyl halides is 3. The molecule has 2 atom stereocenters. The Bertz CT molecular complexity index is 741. The van der Waals surface area contributed by atoms with Gasteiger partial charge in [-0.05, 0) is 34.1 Å². The van der Waals surface area contributed by atoms with E-state index in [-0.39, 0.29) is 24.8 Å². The van der Waals surface area contributed by atoms with Crippen LogP contribution in [0.25, 0.3) is 0 Å². The van der Waals surface area contributed by atoms with Crippen LogP contribution >= 0.6 is 0 Å². The molecule has 5 nitrogen and oxygen atoms in total. The summed E-state index contributed by atoms with van der Waals surface area (Å²) >= 11 is 0. The number of fused-ring (bicyclic) bond motifs is 3. The molecular weight excluding hydrogens is 359 g/mol. The predicted octanol–water partition coefficient (Wildman–Crippen LogP) is 4.43. The van der Waals surface area contributed by atoms with Crippen molar-refractivity contribution in [3.8, 4) is 0 Å². The molecule has 152 valence electrons. The van der Waals surface area contributed by atoms with E-state index in [0.29, 0.717) is 24.1 Å². The molecule has 0 N–H and O–H groups in total. The smallest absolute Gasteiger partial charge is 0.410 e. The van der Waals surface area contributed by atoms with E-state index in [9.17, 15) is 9.18 Å². The zero-order chi connectivity index (χ0) is 20.2. The highest BCUT2D eigenvalue weighted by Crippen LogP contribution is 2.47. The van der Waals surface area contributed by atoms with E-state index in [2.05, 4.69) is 5.10 Å². The third kappa shape index (κ3) is 3.80. The van der Waals surface area contributed by atoms with Gasteiger partial charge in [-0.25, -0.2) is 4.79 Å². The molecule has 1 amide bonds. The number of nitrogens with zero attached hydrogens (tertiary/aromatic N) is 3. The molecule has 0 fully saturated rings. The zero-order valence-electron chi connectivity index (χ0n) is 16.6.